The van der Waals surface area contributed by atoms with Crippen LogP contribution < -0.4 is 5.32 Å². The van der Waals surface area contributed by atoms with Crippen molar-refractivity contribution in [3.63, 3.8) is 0 Å². The van der Waals surface area contributed by atoms with Gasteiger partial charge < -0.3 is 19.9 Å². The Bertz CT molecular complexity index is 1010. The molecule has 0 aliphatic carbocycles. The second kappa shape index (κ2) is 9.52. The number of benzene rings is 2. The highest BCUT2D eigenvalue weighted by atomic mass is 35.5. The zero-order valence-electron chi connectivity index (χ0n) is 15.4. The van der Waals surface area contributed by atoms with E-state index in [0.717, 1.165) is 20.3 Å². The molecule has 0 aliphatic rings. The summed E-state index contributed by atoms with van der Waals surface area (Å²) in [6, 6.07) is 9.91. The molecule has 0 atom stereocenters. The summed E-state index contributed by atoms with van der Waals surface area (Å²) in [6.45, 7) is 0. The van der Waals surface area contributed by atoms with Crippen molar-refractivity contribution in [3.8, 4) is 0 Å². The first-order chi connectivity index (χ1) is 13.8. The lowest BCUT2D eigenvalue weighted by Gasteiger charge is -2.12. The number of ether oxygens (including phenoxy) is 2. The van der Waals surface area contributed by atoms with Gasteiger partial charge in [0.1, 0.15) is 5.70 Å². The average molecular weight is 418 g/mol. The number of carboxylic acids is 1. The number of ketones is 1. The Morgan fingerprint density at radius 3 is 2.24 bits per heavy atom. The summed E-state index contributed by atoms with van der Waals surface area (Å²) in [5.41, 5.74) is -0.176. The van der Waals surface area contributed by atoms with E-state index in [4.69, 9.17) is 11.6 Å². The van der Waals surface area contributed by atoms with Crippen LogP contribution in [-0.2, 0) is 19.1 Å². The van der Waals surface area contributed by atoms with E-state index < -0.39 is 23.7 Å². The minimum absolute atomic E-state index is 0.00781. The minimum Gasteiger partial charge on any atom is -0.478 e. The molecule has 0 aliphatic heterocycles. The summed E-state index contributed by atoms with van der Waals surface area (Å²) in [7, 11) is 2.26. The molecule has 0 unspecified atom stereocenters. The van der Waals surface area contributed by atoms with Crippen LogP contribution in [0.5, 0.6) is 0 Å². The number of carboxylic acid groups (broad SMARTS) is 1. The van der Waals surface area contributed by atoms with E-state index in [0.29, 0.717) is 0 Å². The molecule has 150 valence electrons. The molecule has 9 heteroatoms. The molecule has 0 amide bonds. The number of carbonyl (C=O) groups is 4. The number of rotatable bonds is 7. The van der Waals surface area contributed by atoms with Gasteiger partial charge in [-0.2, -0.15) is 0 Å². The Morgan fingerprint density at radius 1 is 1.00 bits per heavy atom. The Hall–Kier alpha value is -3.65. The maximum atomic E-state index is 12.8. The van der Waals surface area contributed by atoms with E-state index in [9.17, 15) is 24.3 Å². The Morgan fingerprint density at radius 2 is 1.66 bits per heavy atom. The van der Waals surface area contributed by atoms with Crippen LogP contribution in [0.4, 0.5) is 5.69 Å². The molecule has 2 rings (SSSR count). The van der Waals surface area contributed by atoms with Gasteiger partial charge in [-0.3, -0.25) is 4.79 Å². The van der Waals surface area contributed by atoms with Gasteiger partial charge in [0.15, 0.2) is 5.78 Å². The number of esters is 2. The van der Waals surface area contributed by atoms with Crippen LogP contribution in [0.25, 0.3) is 0 Å². The molecule has 2 aromatic carbocycles. The fourth-order valence-electron chi connectivity index (χ4n) is 2.36. The van der Waals surface area contributed by atoms with Crippen molar-refractivity contribution in [3.05, 3.63) is 76.0 Å². The summed E-state index contributed by atoms with van der Waals surface area (Å²) in [4.78, 5) is 47.6. The molecular weight excluding hydrogens is 402 g/mol. The smallest absolute Gasteiger partial charge is 0.354 e. The lowest BCUT2D eigenvalue weighted by Crippen LogP contribution is -2.16. The maximum Gasteiger partial charge on any atom is 0.354 e. The molecule has 0 fully saturated rings. The molecule has 2 N–H and O–H groups in total. The molecule has 0 spiro atoms. The number of anilines is 1. The van der Waals surface area contributed by atoms with Crippen molar-refractivity contribution in [1.82, 2.24) is 0 Å². The van der Waals surface area contributed by atoms with E-state index in [1.54, 1.807) is 6.07 Å². The molecule has 0 radical (unpaired) electrons. The lowest BCUT2D eigenvalue weighted by atomic mass is 9.98. The molecule has 8 nitrogen and oxygen atoms in total. The fourth-order valence-corrected chi connectivity index (χ4v) is 2.53. The normalized spacial score (nSPS) is 10.8. The number of methoxy groups -OCH3 is 2. The van der Waals surface area contributed by atoms with Gasteiger partial charge in [0.2, 0.25) is 0 Å². The minimum atomic E-state index is -1.24. The Labute approximate surface area is 170 Å². The molecule has 0 aromatic heterocycles. The van der Waals surface area contributed by atoms with Crippen LogP contribution in [0.1, 0.15) is 26.3 Å². The molecule has 0 saturated carbocycles. The molecule has 2 aromatic rings. The predicted molar refractivity (Wildman–Crippen MR) is 104 cm³/mol. The zero-order valence-corrected chi connectivity index (χ0v) is 16.1. The van der Waals surface area contributed by atoms with Gasteiger partial charge >= 0.3 is 17.9 Å². The van der Waals surface area contributed by atoms with E-state index in [1.807, 2.05) is 0 Å². The first kappa shape index (κ1) is 21.6. The second-order valence-corrected chi connectivity index (χ2v) is 5.98. The van der Waals surface area contributed by atoms with Crippen LogP contribution in [0, 0.1) is 0 Å². The zero-order chi connectivity index (χ0) is 21.6. The Balaban J connectivity index is 2.45. The van der Waals surface area contributed by atoms with Gasteiger partial charge in [-0.1, -0.05) is 29.8 Å². The number of halogens is 1. The van der Waals surface area contributed by atoms with E-state index in [1.165, 1.54) is 36.4 Å². The number of carbonyl (C=O) groups excluding carboxylic acids is 3. The summed E-state index contributed by atoms with van der Waals surface area (Å²) >= 11 is 6.13. The summed E-state index contributed by atoms with van der Waals surface area (Å²) in [5, 5.41) is 12.1. The number of nitrogens with one attached hydrogen (secondary N) is 1. The Kier molecular flexibility index (Phi) is 7.10. The third-order valence-electron chi connectivity index (χ3n) is 3.77. The van der Waals surface area contributed by atoms with Gasteiger partial charge in [0.05, 0.1) is 36.6 Å². The van der Waals surface area contributed by atoms with Crippen molar-refractivity contribution in [2.45, 2.75) is 0 Å². The number of hydrogen-bond acceptors (Lipinski definition) is 7. The summed E-state index contributed by atoms with van der Waals surface area (Å²) in [6.07, 6.45) is 0.871. The first-order valence-electron chi connectivity index (χ1n) is 8.10. The highest BCUT2D eigenvalue weighted by Crippen LogP contribution is 2.26. The van der Waals surface area contributed by atoms with Gasteiger partial charge in [-0.15, -0.1) is 0 Å². The van der Waals surface area contributed by atoms with Crippen LogP contribution in [0.15, 0.2) is 54.2 Å². The SMILES string of the molecule is COC(=O)/C=C(/Nc1cc(C(=O)c2ccccc2C(=O)O)ccc1Cl)C(=O)OC. The number of hydrogen-bond donors (Lipinski definition) is 2. The number of aromatic carboxylic acids is 1. The second-order valence-electron chi connectivity index (χ2n) is 5.57. The van der Waals surface area contributed by atoms with E-state index in [-0.39, 0.29) is 33.1 Å². The third kappa shape index (κ3) is 5.20. The van der Waals surface area contributed by atoms with Gasteiger partial charge in [0, 0.05) is 11.1 Å². The molecule has 29 heavy (non-hydrogen) atoms. The standard InChI is InChI=1S/C20H16ClNO7/c1-28-17(23)10-16(20(27)29-2)22-15-9-11(7-8-14(15)21)18(24)12-5-3-4-6-13(12)19(25)26/h3-10,22H,1-2H3,(H,25,26)/b16-10+. The van der Waals surface area contributed by atoms with Gasteiger partial charge in [-0.25, -0.2) is 14.4 Å². The molecule has 0 heterocycles. The predicted octanol–water partition coefficient (Wildman–Crippen LogP) is 2.91. The monoisotopic (exact) mass is 417 g/mol. The van der Waals surface area contributed by atoms with E-state index in [2.05, 4.69) is 14.8 Å². The fraction of sp³-hybridized carbons (Fsp3) is 0.100. The molecular formula is C20H16ClNO7. The van der Waals surface area contributed by atoms with Gasteiger partial charge in [0.25, 0.3) is 0 Å². The molecule has 0 saturated heterocycles. The van der Waals surface area contributed by atoms with Gasteiger partial charge in [-0.05, 0) is 24.3 Å². The van der Waals surface area contributed by atoms with Crippen molar-refractivity contribution < 1.29 is 33.8 Å². The first-order valence-corrected chi connectivity index (χ1v) is 8.47. The van der Waals surface area contributed by atoms with Crippen LogP contribution in [-0.4, -0.2) is 43.0 Å². The van der Waals surface area contributed by atoms with E-state index >= 15 is 0 Å². The van der Waals surface area contributed by atoms with Crippen molar-refractivity contribution in [2.75, 3.05) is 19.5 Å². The quantitative estimate of drug-likeness (QED) is 0.401. The van der Waals surface area contributed by atoms with Crippen molar-refractivity contribution in [2.24, 2.45) is 0 Å². The molecule has 0 bridgehead atoms. The maximum absolute atomic E-state index is 12.8. The third-order valence-corrected chi connectivity index (χ3v) is 4.10. The highest BCUT2D eigenvalue weighted by molar-refractivity contribution is 6.33. The van der Waals surface area contributed by atoms with Crippen molar-refractivity contribution >= 4 is 41.0 Å². The highest BCUT2D eigenvalue weighted by Gasteiger charge is 2.20. The lowest BCUT2D eigenvalue weighted by molar-refractivity contribution is -0.138. The van der Waals surface area contributed by atoms with Crippen molar-refractivity contribution in [1.29, 1.82) is 0 Å². The van der Waals surface area contributed by atoms with Crippen LogP contribution in [0.3, 0.4) is 0 Å². The average Bonchev–Trinajstić information content (AvgIpc) is 2.73. The summed E-state index contributed by atoms with van der Waals surface area (Å²) in [5.74, 6) is -3.47. The largest absolute Gasteiger partial charge is 0.478 e. The van der Waals surface area contributed by atoms with Crippen LogP contribution >= 0.6 is 11.6 Å². The van der Waals surface area contributed by atoms with Crippen LogP contribution in [0.2, 0.25) is 5.02 Å². The topological polar surface area (TPSA) is 119 Å². The summed E-state index contributed by atoms with van der Waals surface area (Å²) < 4.78 is 9.10.